The van der Waals surface area contributed by atoms with Crippen molar-refractivity contribution in [3.8, 4) is 0 Å². The number of carbonyl (C=O) groups excluding carboxylic acids is 1. The number of Topliss-reactive ketones (excluding diaryl/α,β-unsaturated/α-hetero) is 1. The Kier molecular flexibility index (Phi) is 5.89. The molecule has 0 atom stereocenters. The Morgan fingerprint density at radius 3 is 2.50 bits per heavy atom. The van der Waals surface area contributed by atoms with Gasteiger partial charge >= 0.3 is 0 Å². The summed E-state index contributed by atoms with van der Waals surface area (Å²) in [4.78, 5) is 18.0. The number of pyridine rings is 1. The highest BCUT2D eigenvalue weighted by Gasteiger charge is 2.46. The van der Waals surface area contributed by atoms with Gasteiger partial charge in [-0.15, -0.1) is 0 Å². The predicted octanol–water partition coefficient (Wildman–Crippen LogP) is 3.59. The topological polar surface area (TPSA) is 82.6 Å². The zero-order valence-corrected chi connectivity index (χ0v) is 17.6. The van der Waals surface area contributed by atoms with Crippen molar-refractivity contribution >= 4 is 26.8 Å². The molecule has 1 aromatic heterocycles. The van der Waals surface area contributed by atoms with Gasteiger partial charge in [0, 0.05) is 23.8 Å². The highest BCUT2D eigenvalue weighted by atomic mass is 32.2. The Balaban J connectivity index is 2.01. The number of methoxy groups -OCH3 is 1. The first-order chi connectivity index (χ1) is 13.2. The molecule has 7 heteroatoms. The summed E-state index contributed by atoms with van der Waals surface area (Å²) in [5.41, 5.74) is 1.98. The van der Waals surface area contributed by atoms with Gasteiger partial charge in [0.2, 0.25) is 0 Å². The van der Waals surface area contributed by atoms with Crippen LogP contribution in [-0.4, -0.2) is 44.3 Å². The maximum atomic E-state index is 13.4. The number of ether oxygens (including phenoxy) is 1. The van der Waals surface area contributed by atoms with Crippen LogP contribution in [-0.2, 0) is 25.5 Å². The van der Waals surface area contributed by atoms with Gasteiger partial charge < -0.3 is 4.74 Å². The molecule has 152 valence electrons. The molecule has 1 heterocycles. The van der Waals surface area contributed by atoms with Crippen LogP contribution in [0.15, 0.2) is 24.3 Å². The number of nitrogens with zero attached hydrogens (tertiary/aromatic N) is 1. The van der Waals surface area contributed by atoms with E-state index in [1.165, 1.54) is 0 Å². The first kappa shape index (κ1) is 20.9. The largest absolute Gasteiger partial charge is 0.381 e. The van der Waals surface area contributed by atoms with Gasteiger partial charge in [-0.05, 0) is 68.9 Å². The second kappa shape index (κ2) is 7.89. The van der Waals surface area contributed by atoms with E-state index in [0.29, 0.717) is 31.2 Å². The minimum absolute atomic E-state index is 0.0139. The molecule has 1 aliphatic carbocycles. The molecule has 1 saturated carbocycles. The lowest BCUT2D eigenvalue weighted by Crippen LogP contribution is -2.47. The van der Waals surface area contributed by atoms with Gasteiger partial charge in [0.25, 0.3) is 10.1 Å². The molecule has 0 N–H and O–H groups in total. The van der Waals surface area contributed by atoms with Crippen molar-refractivity contribution in [1.82, 2.24) is 4.98 Å². The van der Waals surface area contributed by atoms with Crippen molar-refractivity contribution in [3.63, 3.8) is 0 Å². The summed E-state index contributed by atoms with van der Waals surface area (Å²) < 4.78 is 34.6. The van der Waals surface area contributed by atoms with Gasteiger partial charge in [-0.3, -0.25) is 14.0 Å². The third kappa shape index (κ3) is 4.26. The van der Waals surface area contributed by atoms with Gasteiger partial charge in [0.05, 0.1) is 17.9 Å². The molecule has 6 nitrogen and oxygen atoms in total. The van der Waals surface area contributed by atoms with Gasteiger partial charge in [0.15, 0.2) is 11.4 Å². The second-order valence-electron chi connectivity index (χ2n) is 7.54. The van der Waals surface area contributed by atoms with Gasteiger partial charge in [0.1, 0.15) is 0 Å². The average molecular weight is 406 g/mol. The third-order valence-corrected chi connectivity index (χ3v) is 6.17. The molecule has 0 spiro atoms. The number of aromatic nitrogens is 1. The molecule has 1 fully saturated rings. The summed E-state index contributed by atoms with van der Waals surface area (Å²) in [5.74, 6) is -0.298. The monoisotopic (exact) mass is 405 g/mol. The summed E-state index contributed by atoms with van der Waals surface area (Å²) in [7, 11) is -2.17. The Morgan fingerprint density at radius 2 is 1.93 bits per heavy atom. The maximum absolute atomic E-state index is 13.4. The fraction of sp³-hybridized carbons (Fsp3) is 0.524. The Labute approximate surface area is 166 Å². The van der Waals surface area contributed by atoms with Crippen molar-refractivity contribution in [2.75, 3.05) is 13.4 Å². The minimum Gasteiger partial charge on any atom is -0.381 e. The molecule has 1 aromatic carbocycles. The van der Waals surface area contributed by atoms with Crippen LogP contribution >= 0.6 is 0 Å². The van der Waals surface area contributed by atoms with Gasteiger partial charge in [-0.25, -0.2) is 0 Å². The molecule has 3 rings (SSSR count). The molecular weight excluding hydrogens is 378 g/mol. The van der Waals surface area contributed by atoms with Gasteiger partial charge in [-0.1, -0.05) is 6.92 Å². The standard InChI is InChI=1S/C21H27NO5S/c1-5-15-12-17-13-16(6-7-19(17)22-14(15)2)20(23)21(27-28(4,24)25)10-8-18(26-3)9-11-21/h6-7,12-13,18H,5,8-11H2,1-4H3. The molecule has 28 heavy (non-hydrogen) atoms. The van der Waals surface area contributed by atoms with Crippen LogP contribution in [0, 0.1) is 6.92 Å². The lowest BCUT2D eigenvalue weighted by atomic mass is 9.78. The van der Waals surface area contributed by atoms with Crippen molar-refractivity contribution in [2.24, 2.45) is 0 Å². The molecule has 0 bridgehead atoms. The Morgan fingerprint density at radius 1 is 1.25 bits per heavy atom. The average Bonchev–Trinajstić information content (AvgIpc) is 2.65. The second-order valence-corrected chi connectivity index (χ2v) is 9.11. The molecule has 0 saturated heterocycles. The lowest BCUT2D eigenvalue weighted by Gasteiger charge is -2.37. The van der Waals surface area contributed by atoms with Crippen LogP contribution in [0.2, 0.25) is 0 Å². The summed E-state index contributed by atoms with van der Waals surface area (Å²) in [6, 6.07) is 7.35. The molecule has 0 aliphatic heterocycles. The van der Waals surface area contributed by atoms with Crippen LogP contribution in [0.1, 0.15) is 54.2 Å². The molecular formula is C21H27NO5S. The summed E-state index contributed by atoms with van der Waals surface area (Å²) in [6.07, 6.45) is 3.62. The maximum Gasteiger partial charge on any atom is 0.265 e. The Hall–Kier alpha value is -1.83. The number of carbonyl (C=O) groups is 1. The highest BCUT2D eigenvalue weighted by Crippen LogP contribution is 2.37. The zero-order valence-electron chi connectivity index (χ0n) is 16.8. The number of aryl methyl sites for hydroxylation is 2. The first-order valence-corrected chi connectivity index (χ1v) is 11.4. The van der Waals surface area contributed by atoms with E-state index in [2.05, 4.69) is 11.9 Å². The smallest absolute Gasteiger partial charge is 0.265 e. The van der Waals surface area contributed by atoms with E-state index in [9.17, 15) is 13.2 Å². The minimum atomic E-state index is -3.79. The fourth-order valence-electron chi connectivity index (χ4n) is 4.01. The van der Waals surface area contributed by atoms with E-state index < -0.39 is 15.7 Å². The van der Waals surface area contributed by atoms with E-state index in [1.54, 1.807) is 19.2 Å². The number of hydrogen-bond donors (Lipinski definition) is 0. The highest BCUT2D eigenvalue weighted by molar-refractivity contribution is 7.86. The molecule has 0 unspecified atom stereocenters. The quantitative estimate of drug-likeness (QED) is 0.539. The third-order valence-electron chi connectivity index (χ3n) is 5.55. The number of ketones is 1. The van der Waals surface area contributed by atoms with E-state index in [4.69, 9.17) is 8.92 Å². The molecule has 2 aromatic rings. The van der Waals surface area contributed by atoms with Crippen LogP contribution in [0.4, 0.5) is 0 Å². The van der Waals surface area contributed by atoms with Crippen molar-refractivity contribution in [1.29, 1.82) is 0 Å². The van der Waals surface area contributed by atoms with Crippen molar-refractivity contribution in [3.05, 3.63) is 41.1 Å². The lowest BCUT2D eigenvalue weighted by molar-refractivity contribution is -0.0109. The summed E-state index contributed by atoms with van der Waals surface area (Å²) in [5, 5.41) is 0.869. The molecule has 0 radical (unpaired) electrons. The number of rotatable bonds is 6. The first-order valence-electron chi connectivity index (χ1n) is 9.56. The number of benzene rings is 1. The number of fused-ring (bicyclic) bond motifs is 1. The molecule has 0 amide bonds. The van der Waals surface area contributed by atoms with E-state index in [1.807, 2.05) is 19.1 Å². The SMILES string of the molecule is CCc1cc2cc(C(=O)C3(OS(C)(=O)=O)CCC(OC)CC3)ccc2nc1C. The fourth-order valence-corrected chi connectivity index (χ4v) is 4.83. The van der Waals surface area contributed by atoms with Crippen LogP contribution in [0.25, 0.3) is 10.9 Å². The van der Waals surface area contributed by atoms with E-state index >= 15 is 0 Å². The normalized spacial score (nSPS) is 23.1. The Bertz CT molecular complexity index is 991. The van der Waals surface area contributed by atoms with Crippen molar-refractivity contribution in [2.45, 2.75) is 57.7 Å². The van der Waals surface area contributed by atoms with E-state index in [0.717, 1.165) is 34.8 Å². The molecule has 1 aliphatic rings. The van der Waals surface area contributed by atoms with Crippen LogP contribution in [0.5, 0.6) is 0 Å². The van der Waals surface area contributed by atoms with Crippen LogP contribution in [0.3, 0.4) is 0 Å². The van der Waals surface area contributed by atoms with Crippen LogP contribution < -0.4 is 0 Å². The van der Waals surface area contributed by atoms with Gasteiger partial charge in [-0.2, -0.15) is 8.42 Å². The summed E-state index contributed by atoms with van der Waals surface area (Å²) >= 11 is 0. The zero-order chi connectivity index (χ0) is 20.5. The predicted molar refractivity (Wildman–Crippen MR) is 108 cm³/mol. The van der Waals surface area contributed by atoms with Crippen molar-refractivity contribution < 1.29 is 22.1 Å². The van der Waals surface area contributed by atoms with E-state index in [-0.39, 0.29) is 11.9 Å². The number of hydrogen-bond acceptors (Lipinski definition) is 6. The summed E-state index contributed by atoms with van der Waals surface area (Å²) in [6.45, 7) is 4.04.